The predicted molar refractivity (Wildman–Crippen MR) is 70.2 cm³/mol. The fourth-order valence-corrected chi connectivity index (χ4v) is 3.42. The number of hydrogen-bond donors (Lipinski definition) is 1. The number of fused-ring (bicyclic) bond motifs is 1. The molecule has 0 unspecified atom stereocenters. The summed E-state index contributed by atoms with van der Waals surface area (Å²) < 4.78 is 22.4. The lowest BCUT2D eigenvalue weighted by atomic mass is 9.79. The fraction of sp³-hybridized carbons (Fsp3) is 0.857. The molecule has 0 aromatic rings. The average molecular weight is 302 g/mol. The van der Waals surface area contributed by atoms with Crippen LogP contribution in [0.1, 0.15) is 27.2 Å². The molecule has 0 aliphatic carbocycles. The lowest BCUT2D eigenvalue weighted by Gasteiger charge is -2.50. The summed E-state index contributed by atoms with van der Waals surface area (Å²) in [5.74, 6) is -5.82. The Bertz CT molecular complexity index is 451. The Morgan fingerprint density at radius 1 is 1.38 bits per heavy atom. The highest BCUT2D eigenvalue weighted by molar-refractivity contribution is 5.77. The molecule has 0 bridgehead atoms. The van der Waals surface area contributed by atoms with E-state index in [0.29, 0.717) is 6.42 Å². The van der Waals surface area contributed by atoms with Gasteiger partial charge in [-0.1, -0.05) is 6.92 Å². The molecule has 0 spiro atoms. The standard InChI is InChI=1S/C14H22O7/c1-7-6-13(18-4)14(19-5,9(3)12(17)21-13)20-10(7)8(2)11(15)16/h7-10H,6H2,1-5H3,(H,15,16)/t7-,8+,9-,10+,13-,14+/m0/s1. The van der Waals surface area contributed by atoms with Crippen molar-refractivity contribution in [1.82, 2.24) is 0 Å². The Morgan fingerprint density at radius 3 is 2.48 bits per heavy atom. The second kappa shape index (κ2) is 5.23. The Morgan fingerprint density at radius 2 is 2.00 bits per heavy atom. The second-order valence-corrected chi connectivity index (χ2v) is 5.86. The van der Waals surface area contributed by atoms with Crippen molar-refractivity contribution in [2.24, 2.45) is 17.8 Å². The molecule has 2 heterocycles. The number of rotatable bonds is 4. The molecular weight excluding hydrogens is 280 g/mol. The van der Waals surface area contributed by atoms with Crippen LogP contribution in [0.15, 0.2) is 0 Å². The van der Waals surface area contributed by atoms with Crippen LogP contribution in [0, 0.1) is 17.8 Å². The largest absolute Gasteiger partial charge is 0.481 e. The van der Waals surface area contributed by atoms with Gasteiger partial charge in [0.25, 0.3) is 5.79 Å². The molecule has 7 nitrogen and oxygen atoms in total. The molecule has 21 heavy (non-hydrogen) atoms. The number of ether oxygens (including phenoxy) is 4. The first-order valence-corrected chi connectivity index (χ1v) is 6.98. The monoisotopic (exact) mass is 302 g/mol. The van der Waals surface area contributed by atoms with Crippen molar-refractivity contribution in [1.29, 1.82) is 0 Å². The number of carbonyl (C=O) groups excluding carboxylic acids is 1. The Hall–Kier alpha value is -1.18. The van der Waals surface area contributed by atoms with Gasteiger partial charge < -0.3 is 24.1 Å². The molecule has 1 N–H and O–H groups in total. The third kappa shape index (κ3) is 2.06. The summed E-state index contributed by atoms with van der Waals surface area (Å²) in [6.07, 6.45) is -0.280. The number of esters is 1. The van der Waals surface area contributed by atoms with Gasteiger partial charge in [0.05, 0.1) is 12.0 Å². The lowest BCUT2D eigenvalue weighted by Crippen LogP contribution is -2.65. The molecule has 0 radical (unpaired) electrons. The lowest BCUT2D eigenvalue weighted by molar-refractivity contribution is -0.412. The van der Waals surface area contributed by atoms with Crippen LogP contribution in [0.25, 0.3) is 0 Å². The first kappa shape index (κ1) is 16.2. The summed E-state index contributed by atoms with van der Waals surface area (Å²) in [4.78, 5) is 23.3. The molecule has 2 fully saturated rings. The number of carbonyl (C=O) groups is 2. The van der Waals surface area contributed by atoms with Crippen molar-refractivity contribution < 1.29 is 33.6 Å². The molecule has 0 aromatic carbocycles. The summed E-state index contributed by atoms with van der Waals surface area (Å²) in [6, 6.07) is 0. The van der Waals surface area contributed by atoms with E-state index in [1.807, 2.05) is 6.92 Å². The van der Waals surface area contributed by atoms with Crippen molar-refractivity contribution >= 4 is 11.9 Å². The molecule has 0 saturated carbocycles. The quantitative estimate of drug-likeness (QED) is 0.775. The van der Waals surface area contributed by atoms with E-state index in [-0.39, 0.29) is 5.92 Å². The normalized spacial score (nSPS) is 44.0. The van der Waals surface area contributed by atoms with Crippen LogP contribution in [-0.4, -0.2) is 48.9 Å². The zero-order valence-electron chi connectivity index (χ0n) is 12.9. The van der Waals surface area contributed by atoms with Crippen LogP contribution in [0.2, 0.25) is 0 Å². The van der Waals surface area contributed by atoms with Gasteiger partial charge in [-0.2, -0.15) is 0 Å². The van der Waals surface area contributed by atoms with Crippen LogP contribution in [0.4, 0.5) is 0 Å². The highest BCUT2D eigenvalue weighted by atomic mass is 16.8. The highest BCUT2D eigenvalue weighted by Crippen LogP contribution is 2.53. The van der Waals surface area contributed by atoms with Crippen LogP contribution < -0.4 is 0 Å². The van der Waals surface area contributed by atoms with Gasteiger partial charge in [-0.15, -0.1) is 0 Å². The van der Waals surface area contributed by atoms with Crippen LogP contribution in [0.3, 0.4) is 0 Å². The molecular formula is C14H22O7. The van der Waals surface area contributed by atoms with Crippen molar-refractivity contribution in [3.8, 4) is 0 Å². The van der Waals surface area contributed by atoms with Crippen LogP contribution in [0.5, 0.6) is 0 Å². The Balaban J connectivity index is 2.44. The van der Waals surface area contributed by atoms with E-state index in [9.17, 15) is 14.7 Å². The van der Waals surface area contributed by atoms with Crippen molar-refractivity contribution in [3.63, 3.8) is 0 Å². The highest BCUT2D eigenvalue weighted by Gasteiger charge is 2.72. The smallest absolute Gasteiger partial charge is 0.317 e. The summed E-state index contributed by atoms with van der Waals surface area (Å²) >= 11 is 0. The molecule has 2 aliphatic heterocycles. The maximum absolute atomic E-state index is 12.0. The molecule has 7 heteroatoms. The maximum Gasteiger partial charge on any atom is 0.317 e. The molecule has 120 valence electrons. The summed E-state index contributed by atoms with van der Waals surface area (Å²) in [7, 11) is 2.83. The van der Waals surface area contributed by atoms with Gasteiger partial charge in [-0.3, -0.25) is 9.59 Å². The van der Waals surface area contributed by atoms with Gasteiger partial charge in [0.15, 0.2) is 0 Å². The number of carboxylic acid groups (broad SMARTS) is 1. The van der Waals surface area contributed by atoms with Crippen LogP contribution in [-0.2, 0) is 28.5 Å². The minimum absolute atomic E-state index is 0.169. The van der Waals surface area contributed by atoms with Crippen molar-refractivity contribution in [3.05, 3.63) is 0 Å². The summed E-state index contributed by atoms with van der Waals surface area (Å²) in [5.41, 5.74) is 0. The number of methoxy groups -OCH3 is 2. The van der Waals surface area contributed by atoms with E-state index in [1.165, 1.54) is 14.2 Å². The van der Waals surface area contributed by atoms with Crippen molar-refractivity contribution in [2.45, 2.75) is 44.9 Å². The molecule has 0 aromatic heterocycles. The van der Waals surface area contributed by atoms with Gasteiger partial charge in [0, 0.05) is 20.6 Å². The van der Waals surface area contributed by atoms with Gasteiger partial charge in [0.1, 0.15) is 5.92 Å². The Kier molecular flexibility index (Phi) is 4.03. The Labute approximate surface area is 123 Å². The van der Waals surface area contributed by atoms with Crippen molar-refractivity contribution in [2.75, 3.05) is 14.2 Å². The van der Waals surface area contributed by atoms with Gasteiger partial charge in [-0.25, -0.2) is 0 Å². The zero-order chi connectivity index (χ0) is 16.0. The summed E-state index contributed by atoms with van der Waals surface area (Å²) in [6.45, 7) is 5.06. The zero-order valence-corrected chi connectivity index (χ0v) is 12.9. The minimum Gasteiger partial charge on any atom is -0.481 e. The summed E-state index contributed by atoms with van der Waals surface area (Å²) in [5, 5.41) is 9.24. The molecule has 2 saturated heterocycles. The molecule has 6 atom stereocenters. The third-order valence-corrected chi connectivity index (χ3v) is 4.70. The third-order valence-electron chi connectivity index (χ3n) is 4.70. The van der Waals surface area contributed by atoms with E-state index in [0.717, 1.165) is 0 Å². The first-order chi connectivity index (χ1) is 9.74. The number of hydrogen-bond acceptors (Lipinski definition) is 6. The van der Waals surface area contributed by atoms with E-state index >= 15 is 0 Å². The SMILES string of the molecule is CO[C@]12C[C@H](C)[C@H]([C@@H](C)C(=O)O)O[C@]1(OC)[C@@H](C)C(=O)O2. The molecule has 2 aliphatic rings. The fourth-order valence-electron chi connectivity index (χ4n) is 3.42. The van der Waals surface area contributed by atoms with E-state index in [1.54, 1.807) is 13.8 Å². The van der Waals surface area contributed by atoms with Gasteiger partial charge in [0.2, 0.25) is 5.79 Å². The number of carboxylic acids is 1. The first-order valence-electron chi connectivity index (χ1n) is 6.98. The minimum atomic E-state index is -1.43. The van der Waals surface area contributed by atoms with E-state index < -0.39 is 41.5 Å². The topological polar surface area (TPSA) is 91.3 Å². The van der Waals surface area contributed by atoms with Gasteiger partial charge in [-0.05, 0) is 19.8 Å². The second-order valence-electron chi connectivity index (χ2n) is 5.86. The molecule has 0 amide bonds. The van der Waals surface area contributed by atoms with E-state index in [2.05, 4.69) is 0 Å². The average Bonchev–Trinajstić information content (AvgIpc) is 2.66. The predicted octanol–water partition coefficient (Wildman–Crippen LogP) is 1.01. The molecule has 2 rings (SSSR count). The van der Waals surface area contributed by atoms with Crippen LogP contribution >= 0.6 is 0 Å². The van der Waals surface area contributed by atoms with E-state index in [4.69, 9.17) is 18.9 Å². The maximum atomic E-state index is 12.0. The van der Waals surface area contributed by atoms with Gasteiger partial charge >= 0.3 is 11.9 Å². The number of aliphatic carboxylic acids is 1.